The van der Waals surface area contributed by atoms with Crippen LogP contribution in [0.1, 0.15) is 44.7 Å². The number of amides is 2. The topological polar surface area (TPSA) is 139 Å². The second-order valence-corrected chi connectivity index (χ2v) is 12.0. The van der Waals surface area contributed by atoms with Gasteiger partial charge in [-0.2, -0.15) is 0 Å². The summed E-state index contributed by atoms with van der Waals surface area (Å²) in [6.45, 7) is 6.51. The van der Waals surface area contributed by atoms with Gasteiger partial charge >= 0.3 is 0 Å². The molecule has 230 valence electrons. The van der Waals surface area contributed by atoms with Gasteiger partial charge in [0, 0.05) is 24.2 Å². The molecular weight excluding hydrogens is 572 g/mol. The number of aryl methyl sites for hydroxylation is 1. The standard InChI is InChI=1S/C31H38N4O7S/c1-6-23(4)32-31(37)28(7-2)33(20-24-11-9-8-10-12-24)30(36)21-34(25-14-16-26(42-5)17-15-25)43(40,41)27-18-13-22(3)29(19-27)35(38)39/h8-19,23,28H,6-7,20-21H2,1-5H3,(H,32,37)/t23-,28+/m0/s1. The van der Waals surface area contributed by atoms with E-state index >= 15 is 0 Å². The molecule has 3 rings (SSSR count). The number of sulfonamides is 1. The summed E-state index contributed by atoms with van der Waals surface area (Å²) < 4.78 is 34.3. The first-order chi connectivity index (χ1) is 20.4. The average Bonchev–Trinajstić information content (AvgIpc) is 3.00. The molecule has 3 aromatic rings. The van der Waals surface area contributed by atoms with Crippen molar-refractivity contribution in [3.05, 3.63) is 94.0 Å². The summed E-state index contributed by atoms with van der Waals surface area (Å²) >= 11 is 0. The molecule has 0 fully saturated rings. The van der Waals surface area contributed by atoms with Crippen LogP contribution < -0.4 is 14.4 Å². The van der Waals surface area contributed by atoms with Crippen LogP contribution in [0.5, 0.6) is 5.75 Å². The Kier molecular flexibility index (Phi) is 11.2. The third-order valence-corrected chi connectivity index (χ3v) is 8.96. The van der Waals surface area contributed by atoms with Crippen molar-refractivity contribution in [3.63, 3.8) is 0 Å². The summed E-state index contributed by atoms with van der Waals surface area (Å²) in [5, 5.41) is 14.5. The second kappa shape index (κ2) is 14.6. The molecule has 0 unspecified atom stereocenters. The van der Waals surface area contributed by atoms with Crippen molar-refractivity contribution >= 4 is 33.2 Å². The number of hydrogen-bond acceptors (Lipinski definition) is 7. The number of benzene rings is 3. The molecular formula is C31H38N4O7S. The van der Waals surface area contributed by atoms with Crippen molar-refractivity contribution in [2.45, 2.75) is 64.1 Å². The summed E-state index contributed by atoms with van der Waals surface area (Å²) in [4.78, 5) is 39.5. The number of ether oxygens (including phenoxy) is 1. The molecule has 0 saturated carbocycles. The van der Waals surface area contributed by atoms with Crippen molar-refractivity contribution < 1.29 is 27.7 Å². The highest BCUT2D eigenvalue weighted by Gasteiger charge is 2.34. The Morgan fingerprint density at radius 3 is 2.21 bits per heavy atom. The zero-order valence-electron chi connectivity index (χ0n) is 25.0. The molecule has 0 heterocycles. The van der Waals surface area contributed by atoms with Gasteiger partial charge in [0.15, 0.2) is 0 Å². The molecule has 0 radical (unpaired) electrons. The lowest BCUT2D eigenvalue weighted by Crippen LogP contribution is -2.53. The number of methoxy groups -OCH3 is 1. The fourth-order valence-corrected chi connectivity index (χ4v) is 5.93. The minimum absolute atomic E-state index is 0.0681. The van der Waals surface area contributed by atoms with E-state index in [1.807, 2.05) is 44.2 Å². The molecule has 43 heavy (non-hydrogen) atoms. The van der Waals surface area contributed by atoms with Gasteiger partial charge < -0.3 is 15.0 Å². The predicted molar refractivity (Wildman–Crippen MR) is 164 cm³/mol. The maximum absolute atomic E-state index is 14.1. The number of carbonyl (C=O) groups excluding carboxylic acids is 2. The van der Waals surface area contributed by atoms with Gasteiger partial charge in [-0.25, -0.2) is 8.42 Å². The molecule has 0 saturated heterocycles. The number of hydrogen-bond donors (Lipinski definition) is 1. The van der Waals surface area contributed by atoms with Crippen molar-refractivity contribution in [2.75, 3.05) is 18.0 Å². The second-order valence-electron chi connectivity index (χ2n) is 10.2. The van der Waals surface area contributed by atoms with E-state index < -0.39 is 33.4 Å². The SMILES string of the molecule is CC[C@H](C(=O)N[C@@H](C)CC)N(Cc1ccccc1)C(=O)CN(c1ccc(OC)cc1)S(=O)(=O)c1ccc(C)c([N+](=O)[O-])c1. The van der Waals surface area contributed by atoms with Gasteiger partial charge in [-0.1, -0.05) is 50.2 Å². The van der Waals surface area contributed by atoms with Gasteiger partial charge in [-0.15, -0.1) is 0 Å². The summed E-state index contributed by atoms with van der Waals surface area (Å²) in [7, 11) is -3.02. The Balaban J connectivity index is 2.11. The van der Waals surface area contributed by atoms with Crippen molar-refractivity contribution in [3.8, 4) is 5.75 Å². The van der Waals surface area contributed by atoms with Crippen LogP contribution in [0.2, 0.25) is 0 Å². The van der Waals surface area contributed by atoms with E-state index in [0.29, 0.717) is 24.2 Å². The highest BCUT2D eigenvalue weighted by molar-refractivity contribution is 7.92. The maximum atomic E-state index is 14.1. The summed E-state index contributed by atoms with van der Waals surface area (Å²) in [5.41, 5.74) is 0.844. The number of nitrogens with zero attached hydrogens (tertiary/aromatic N) is 3. The van der Waals surface area contributed by atoms with E-state index in [4.69, 9.17) is 4.74 Å². The number of carbonyl (C=O) groups is 2. The Labute approximate surface area is 252 Å². The Bertz CT molecular complexity index is 1530. The monoisotopic (exact) mass is 610 g/mol. The molecule has 0 bridgehead atoms. The number of nitrogens with one attached hydrogen (secondary N) is 1. The predicted octanol–water partition coefficient (Wildman–Crippen LogP) is 4.83. The molecule has 3 aromatic carbocycles. The van der Waals surface area contributed by atoms with Crippen LogP contribution in [0.4, 0.5) is 11.4 Å². The normalized spacial score (nSPS) is 12.6. The van der Waals surface area contributed by atoms with E-state index in [2.05, 4.69) is 5.32 Å². The van der Waals surface area contributed by atoms with Gasteiger partial charge in [-0.05, 0) is 62.6 Å². The van der Waals surface area contributed by atoms with Gasteiger partial charge in [0.05, 0.1) is 22.6 Å². The first-order valence-corrected chi connectivity index (χ1v) is 15.4. The van der Waals surface area contributed by atoms with Gasteiger partial charge in [0.25, 0.3) is 15.7 Å². The van der Waals surface area contributed by atoms with Crippen molar-refractivity contribution in [1.29, 1.82) is 0 Å². The third-order valence-electron chi connectivity index (χ3n) is 7.19. The molecule has 12 heteroatoms. The van der Waals surface area contributed by atoms with Crippen LogP contribution in [0, 0.1) is 17.0 Å². The van der Waals surface area contributed by atoms with E-state index in [9.17, 15) is 28.1 Å². The minimum atomic E-state index is -4.48. The zero-order valence-corrected chi connectivity index (χ0v) is 25.8. The highest BCUT2D eigenvalue weighted by Crippen LogP contribution is 2.29. The first kappa shape index (κ1) is 33.1. The maximum Gasteiger partial charge on any atom is 0.273 e. The van der Waals surface area contributed by atoms with Crippen LogP contribution in [0.25, 0.3) is 0 Å². The van der Waals surface area contributed by atoms with E-state index in [-0.39, 0.29) is 34.8 Å². The van der Waals surface area contributed by atoms with Crippen LogP contribution in [0.15, 0.2) is 77.7 Å². The van der Waals surface area contributed by atoms with Crippen LogP contribution in [-0.2, 0) is 26.2 Å². The Morgan fingerprint density at radius 1 is 1.00 bits per heavy atom. The smallest absolute Gasteiger partial charge is 0.273 e. The lowest BCUT2D eigenvalue weighted by atomic mass is 10.1. The molecule has 11 nitrogen and oxygen atoms in total. The largest absolute Gasteiger partial charge is 0.497 e. The summed E-state index contributed by atoms with van der Waals surface area (Å²) in [6.07, 6.45) is 0.987. The van der Waals surface area contributed by atoms with Crippen molar-refractivity contribution in [2.24, 2.45) is 0 Å². The lowest BCUT2D eigenvalue weighted by Gasteiger charge is -2.33. The highest BCUT2D eigenvalue weighted by atomic mass is 32.2. The molecule has 0 aliphatic heterocycles. The average molecular weight is 611 g/mol. The summed E-state index contributed by atoms with van der Waals surface area (Å²) in [5.74, 6) is -0.484. The molecule has 0 aliphatic rings. The first-order valence-electron chi connectivity index (χ1n) is 14.0. The fourth-order valence-electron chi connectivity index (χ4n) is 4.49. The van der Waals surface area contributed by atoms with E-state index in [0.717, 1.165) is 15.9 Å². The van der Waals surface area contributed by atoms with E-state index in [1.54, 1.807) is 19.1 Å². The molecule has 0 aromatic heterocycles. The zero-order chi connectivity index (χ0) is 31.7. The number of nitro benzene ring substituents is 1. The Morgan fingerprint density at radius 2 is 1.65 bits per heavy atom. The van der Waals surface area contributed by atoms with Crippen molar-refractivity contribution in [1.82, 2.24) is 10.2 Å². The van der Waals surface area contributed by atoms with Gasteiger partial charge in [-0.3, -0.25) is 24.0 Å². The molecule has 2 amide bonds. The quantitative estimate of drug-likeness (QED) is 0.204. The molecule has 0 spiro atoms. The number of rotatable bonds is 14. The van der Waals surface area contributed by atoms with Crippen LogP contribution in [-0.4, -0.2) is 55.8 Å². The number of anilines is 1. The molecule has 0 aliphatic carbocycles. The molecule has 1 N–H and O–H groups in total. The minimum Gasteiger partial charge on any atom is -0.497 e. The fraction of sp³-hybridized carbons (Fsp3) is 0.355. The Hall–Kier alpha value is -4.45. The van der Waals surface area contributed by atoms with Crippen LogP contribution >= 0.6 is 0 Å². The van der Waals surface area contributed by atoms with Gasteiger partial charge in [0.2, 0.25) is 11.8 Å². The van der Waals surface area contributed by atoms with Crippen LogP contribution in [0.3, 0.4) is 0 Å². The van der Waals surface area contributed by atoms with Gasteiger partial charge in [0.1, 0.15) is 18.3 Å². The lowest BCUT2D eigenvalue weighted by molar-refractivity contribution is -0.385. The number of nitro groups is 1. The molecule has 2 atom stereocenters. The van der Waals surface area contributed by atoms with E-state index in [1.165, 1.54) is 43.2 Å². The summed E-state index contributed by atoms with van der Waals surface area (Å²) in [6, 6.07) is 17.8. The third kappa shape index (κ3) is 8.10.